The SMILES string of the molecule is Cc1cc(=O)c(C(=O)NC2CCCCC2C)nn1-c1ccccc1[N+](=O)[O-]. The highest BCUT2D eigenvalue weighted by molar-refractivity contribution is 5.92. The van der Waals surface area contributed by atoms with Crippen LogP contribution in [0.2, 0.25) is 0 Å². The molecule has 0 spiro atoms. The molecule has 1 aromatic heterocycles. The number of nitro benzene ring substituents is 1. The van der Waals surface area contributed by atoms with Gasteiger partial charge in [-0.3, -0.25) is 19.7 Å². The molecule has 1 N–H and O–H groups in total. The number of carbonyl (C=O) groups excluding carboxylic acids is 1. The maximum atomic E-state index is 12.7. The number of para-hydroxylation sites is 2. The van der Waals surface area contributed by atoms with E-state index >= 15 is 0 Å². The van der Waals surface area contributed by atoms with Crippen LogP contribution in [0.5, 0.6) is 0 Å². The standard InChI is InChI=1S/C19H22N4O4/c1-12-7-3-4-8-14(12)20-19(25)18-17(24)11-13(2)22(21-18)15-9-5-6-10-16(15)23(26)27/h5-6,9-12,14H,3-4,7-8H2,1-2H3,(H,20,25). The lowest BCUT2D eigenvalue weighted by atomic mass is 9.86. The summed E-state index contributed by atoms with van der Waals surface area (Å²) >= 11 is 0. The van der Waals surface area contributed by atoms with Crippen molar-refractivity contribution in [2.24, 2.45) is 5.92 Å². The number of aryl methyl sites for hydroxylation is 1. The van der Waals surface area contributed by atoms with Gasteiger partial charge in [0.1, 0.15) is 5.69 Å². The van der Waals surface area contributed by atoms with Crippen LogP contribution in [0.3, 0.4) is 0 Å². The first kappa shape index (κ1) is 18.8. The van der Waals surface area contributed by atoms with Crippen LogP contribution in [0.1, 0.15) is 48.8 Å². The monoisotopic (exact) mass is 370 g/mol. The first-order chi connectivity index (χ1) is 12.9. The van der Waals surface area contributed by atoms with E-state index in [1.54, 1.807) is 19.1 Å². The molecule has 2 aromatic rings. The number of benzene rings is 1. The zero-order valence-electron chi connectivity index (χ0n) is 15.3. The van der Waals surface area contributed by atoms with Crippen molar-refractivity contribution < 1.29 is 9.72 Å². The normalized spacial score (nSPS) is 19.5. The van der Waals surface area contributed by atoms with Crippen LogP contribution < -0.4 is 10.7 Å². The van der Waals surface area contributed by atoms with E-state index in [9.17, 15) is 19.7 Å². The molecule has 1 aliphatic carbocycles. The fourth-order valence-corrected chi connectivity index (χ4v) is 3.51. The minimum atomic E-state index is -0.536. The molecule has 2 atom stereocenters. The minimum Gasteiger partial charge on any atom is -0.348 e. The molecule has 0 saturated heterocycles. The Morgan fingerprint density at radius 1 is 1.30 bits per heavy atom. The van der Waals surface area contributed by atoms with Crippen LogP contribution in [-0.2, 0) is 0 Å². The third-order valence-corrected chi connectivity index (χ3v) is 5.06. The molecule has 1 aromatic carbocycles. The molecule has 0 bridgehead atoms. The number of hydrogen-bond acceptors (Lipinski definition) is 5. The largest absolute Gasteiger partial charge is 0.348 e. The summed E-state index contributed by atoms with van der Waals surface area (Å²) in [6.45, 7) is 3.70. The van der Waals surface area contributed by atoms with Crippen LogP contribution in [0, 0.1) is 23.0 Å². The van der Waals surface area contributed by atoms with Crippen molar-refractivity contribution in [2.45, 2.75) is 45.6 Å². The summed E-state index contributed by atoms with van der Waals surface area (Å²) in [6.07, 6.45) is 4.09. The van der Waals surface area contributed by atoms with Gasteiger partial charge in [0, 0.05) is 23.9 Å². The van der Waals surface area contributed by atoms with Crippen molar-refractivity contribution in [3.05, 3.63) is 62.1 Å². The van der Waals surface area contributed by atoms with E-state index in [0.717, 1.165) is 25.7 Å². The van der Waals surface area contributed by atoms with Crippen molar-refractivity contribution in [1.29, 1.82) is 0 Å². The van der Waals surface area contributed by atoms with Crippen molar-refractivity contribution in [2.75, 3.05) is 0 Å². The van der Waals surface area contributed by atoms with Gasteiger partial charge in [-0.2, -0.15) is 5.10 Å². The Kier molecular flexibility index (Phi) is 5.34. The fourth-order valence-electron chi connectivity index (χ4n) is 3.51. The summed E-state index contributed by atoms with van der Waals surface area (Å²) < 4.78 is 1.28. The van der Waals surface area contributed by atoms with Gasteiger partial charge in [-0.15, -0.1) is 0 Å². The third-order valence-electron chi connectivity index (χ3n) is 5.06. The first-order valence-electron chi connectivity index (χ1n) is 9.04. The summed E-state index contributed by atoms with van der Waals surface area (Å²) in [6, 6.07) is 7.38. The van der Waals surface area contributed by atoms with Crippen molar-refractivity contribution >= 4 is 11.6 Å². The van der Waals surface area contributed by atoms with Crippen molar-refractivity contribution in [3.63, 3.8) is 0 Å². The molecule has 0 aliphatic heterocycles. The highest BCUT2D eigenvalue weighted by atomic mass is 16.6. The summed E-state index contributed by atoms with van der Waals surface area (Å²) in [5.74, 6) is -0.198. The van der Waals surface area contributed by atoms with Gasteiger partial charge in [-0.1, -0.05) is 31.9 Å². The number of carbonyl (C=O) groups is 1. The summed E-state index contributed by atoms with van der Waals surface area (Å²) in [7, 11) is 0. The third kappa shape index (κ3) is 3.89. The number of amides is 1. The van der Waals surface area contributed by atoms with Gasteiger partial charge in [0.05, 0.1) is 4.92 Å². The molecule has 8 nitrogen and oxygen atoms in total. The van der Waals surface area contributed by atoms with E-state index in [-0.39, 0.29) is 23.1 Å². The molecule has 1 heterocycles. The Bertz CT molecular complexity index is 938. The highest BCUT2D eigenvalue weighted by Gasteiger charge is 2.26. The Labute approximate surface area is 156 Å². The minimum absolute atomic E-state index is 0.00765. The van der Waals surface area contributed by atoms with Gasteiger partial charge in [0.25, 0.3) is 11.6 Å². The molecule has 27 heavy (non-hydrogen) atoms. The van der Waals surface area contributed by atoms with E-state index in [4.69, 9.17) is 0 Å². The first-order valence-corrected chi connectivity index (χ1v) is 9.04. The predicted octanol–water partition coefficient (Wildman–Crippen LogP) is 2.76. The van der Waals surface area contributed by atoms with Crippen LogP contribution in [-0.4, -0.2) is 26.7 Å². The average molecular weight is 370 g/mol. The van der Waals surface area contributed by atoms with Crippen LogP contribution in [0.15, 0.2) is 35.1 Å². The zero-order valence-corrected chi connectivity index (χ0v) is 15.3. The highest BCUT2D eigenvalue weighted by Crippen LogP contribution is 2.24. The van der Waals surface area contributed by atoms with Crippen molar-refractivity contribution in [3.8, 4) is 5.69 Å². The number of nitro groups is 1. The van der Waals surface area contributed by atoms with E-state index < -0.39 is 16.3 Å². The van der Waals surface area contributed by atoms with Gasteiger partial charge in [-0.05, 0) is 31.7 Å². The molecule has 1 saturated carbocycles. The molecule has 3 rings (SSSR count). The molecule has 1 amide bonds. The molecule has 2 unspecified atom stereocenters. The van der Waals surface area contributed by atoms with E-state index in [1.165, 1.54) is 22.9 Å². The number of rotatable bonds is 4. The molecule has 0 radical (unpaired) electrons. The molecule has 1 fully saturated rings. The maximum Gasteiger partial charge on any atom is 0.294 e. The van der Waals surface area contributed by atoms with Gasteiger partial charge in [0.15, 0.2) is 5.69 Å². The van der Waals surface area contributed by atoms with E-state index in [2.05, 4.69) is 17.3 Å². The lowest BCUT2D eigenvalue weighted by Crippen LogP contribution is -2.43. The number of aromatic nitrogens is 2. The molecule has 142 valence electrons. The average Bonchev–Trinajstić information content (AvgIpc) is 2.63. The Morgan fingerprint density at radius 3 is 2.70 bits per heavy atom. The molecular weight excluding hydrogens is 348 g/mol. The Morgan fingerprint density at radius 2 is 2.00 bits per heavy atom. The van der Waals surface area contributed by atoms with Gasteiger partial charge >= 0.3 is 0 Å². The van der Waals surface area contributed by atoms with Gasteiger partial charge in [0.2, 0.25) is 5.43 Å². The van der Waals surface area contributed by atoms with Crippen LogP contribution in [0.4, 0.5) is 5.69 Å². The summed E-state index contributed by atoms with van der Waals surface area (Å²) in [5, 5.41) is 18.4. The zero-order chi connectivity index (χ0) is 19.6. The second kappa shape index (κ2) is 7.69. The second-order valence-corrected chi connectivity index (χ2v) is 7.00. The Balaban J connectivity index is 1.99. The fraction of sp³-hybridized carbons (Fsp3) is 0.421. The Hall–Kier alpha value is -3.03. The quantitative estimate of drug-likeness (QED) is 0.658. The number of nitrogens with one attached hydrogen (secondary N) is 1. The molecular formula is C19H22N4O4. The van der Waals surface area contributed by atoms with Gasteiger partial charge in [-0.25, -0.2) is 4.68 Å². The van der Waals surface area contributed by atoms with Crippen LogP contribution in [0.25, 0.3) is 5.69 Å². The maximum absolute atomic E-state index is 12.7. The number of hydrogen-bond donors (Lipinski definition) is 1. The second-order valence-electron chi connectivity index (χ2n) is 7.00. The van der Waals surface area contributed by atoms with Crippen LogP contribution >= 0.6 is 0 Å². The number of nitrogens with zero attached hydrogens (tertiary/aromatic N) is 3. The topological polar surface area (TPSA) is 107 Å². The summed E-state index contributed by atoms with van der Waals surface area (Å²) in [4.78, 5) is 35.8. The molecule has 1 aliphatic rings. The van der Waals surface area contributed by atoms with Gasteiger partial charge < -0.3 is 5.32 Å². The lowest BCUT2D eigenvalue weighted by molar-refractivity contribution is -0.384. The lowest BCUT2D eigenvalue weighted by Gasteiger charge is -2.29. The predicted molar refractivity (Wildman–Crippen MR) is 100 cm³/mol. The van der Waals surface area contributed by atoms with E-state index in [0.29, 0.717) is 11.6 Å². The smallest absolute Gasteiger partial charge is 0.294 e. The van der Waals surface area contributed by atoms with E-state index in [1.807, 2.05) is 0 Å². The van der Waals surface area contributed by atoms with Crippen molar-refractivity contribution in [1.82, 2.24) is 15.1 Å². The molecule has 8 heteroatoms. The summed E-state index contributed by atoms with van der Waals surface area (Å²) in [5.41, 5.74) is -0.277.